The minimum Gasteiger partial charge on any atom is -0.484 e. The molecule has 0 bridgehead atoms. The summed E-state index contributed by atoms with van der Waals surface area (Å²) in [7, 11) is 0. The van der Waals surface area contributed by atoms with Gasteiger partial charge in [-0.15, -0.1) is 23.5 Å². The monoisotopic (exact) mass is 470 g/mol. The molecule has 4 rings (SSSR count). The third kappa shape index (κ3) is 6.40. The maximum Gasteiger partial charge on any atom is 0.258 e. The first-order valence-corrected chi connectivity index (χ1v) is 12.4. The molecule has 0 spiro atoms. The Kier molecular flexibility index (Phi) is 7.90. The summed E-state index contributed by atoms with van der Waals surface area (Å²) in [6, 6.07) is 15.9. The lowest BCUT2D eigenvalue weighted by atomic mass is 10.2. The molecule has 1 aliphatic rings. The lowest BCUT2D eigenvalue weighted by Gasteiger charge is -2.21. The van der Waals surface area contributed by atoms with Crippen LogP contribution in [-0.2, 0) is 11.3 Å². The number of aromatic nitrogens is 1. The molecule has 1 aromatic heterocycles. The molecule has 1 aliphatic heterocycles. The lowest BCUT2D eigenvalue weighted by Crippen LogP contribution is -2.28. The first-order chi connectivity index (χ1) is 15.7. The van der Waals surface area contributed by atoms with Crippen LogP contribution in [0.1, 0.15) is 22.1 Å². The number of carbonyl (C=O) groups excluding carboxylic acids is 1. The smallest absolute Gasteiger partial charge is 0.258 e. The highest BCUT2D eigenvalue weighted by atomic mass is 32.2. The molecule has 3 aromatic rings. The summed E-state index contributed by atoms with van der Waals surface area (Å²) in [6.07, 6.45) is 4.39. The van der Waals surface area contributed by atoms with Gasteiger partial charge in [-0.25, -0.2) is 4.39 Å². The summed E-state index contributed by atoms with van der Waals surface area (Å²) in [5, 5.41) is 2.74. The Balaban J connectivity index is 1.23. The second-order valence-electron chi connectivity index (χ2n) is 7.12. The third-order valence-electron chi connectivity index (χ3n) is 4.70. The lowest BCUT2D eigenvalue weighted by molar-refractivity contribution is -0.123. The highest BCUT2D eigenvalue weighted by Crippen LogP contribution is 2.43. The predicted octanol–water partition coefficient (Wildman–Crippen LogP) is 5.58. The van der Waals surface area contributed by atoms with Gasteiger partial charge in [0.2, 0.25) is 0 Å². The van der Waals surface area contributed by atoms with Crippen molar-refractivity contribution >= 4 is 29.4 Å². The van der Waals surface area contributed by atoms with E-state index in [1.54, 1.807) is 24.4 Å². The van der Waals surface area contributed by atoms with Crippen LogP contribution in [0.25, 0.3) is 0 Å². The highest BCUT2D eigenvalue weighted by molar-refractivity contribution is 8.16. The minimum absolute atomic E-state index is 0.100. The summed E-state index contributed by atoms with van der Waals surface area (Å²) in [6.45, 7) is 0.0955. The van der Waals surface area contributed by atoms with Crippen LogP contribution < -0.4 is 14.8 Å². The van der Waals surface area contributed by atoms with Gasteiger partial charge < -0.3 is 14.8 Å². The number of thioether (sulfide) groups is 2. The molecule has 32 heavy (non-hydrogen) atoms. The van der Waals surface area contributed by atoms with Crippen molar-refractivity contribution in [3.8, 4) is 17.2 Å². The van der Waals surface area contributed by atoms with Gasteiger partial charge in [0.15, 0.2) is 18.2 Å². The van der Waals surface area contributed by atoms with Crippen molar-refractivity contribution in [2.75, 3.05) is 18.1 Å². The number of carbonyl (C=O) groups is 1. The number of nitrogens with one attached hydrogen (secondary N) is 1. The molecule has 0 saturated carbocycles. The van der Waals surface area contributed by atoms with Gasteiger partial charge in [0.05, 0.1) is 10.8 Å². The van der Waals surface area contributed by atoms with E-state index in [9.17, 15) is 9.18 Å². The number of ether oxygens (including phenoxy) is 2. The van der Waals surface area contributed by atoms with E-state index in [0.29, 0.717) is 21.6 Å². The molecule has 2 aromatic carbocycles. The second-order valence-corrected chi connectivity index (χ2v) is 9.84. The predicted molar refractivity (Wildman–Crippen MR) is 127 cm³/mol. The Morgan fingerprint density at radius 2 is 1.91 bits per heavy atom. The van der Waals surface area contributed by atoms with Gasteiger partial charge in [-0.3, -0.25) is 9.78 Å². The molecule has 8 heteroatoms. The van der Waals surface area contributed by atoms with Crippen LogP contribution >= 0.6 is 23.5 Å². The van der Waals surface area contributed by atoms with Crippen LogP contribution in [0.15, 0.2) is 67.0 Å². The maximum absolute atomic E-state index is 14.3. The Hall–Kier alpha value is -2.71. The van der Waals surface area contributed by atoms with Crippen LogP contribution in [0.2, 0.25) is 0 Å². The average Bonchev–Trinajstić information content (AvgIpc) is 2.84. The van der Waals surface area contributed by atoms with Crippen molar-refractivity contribution in [1.29, 1.82) is 0 Å². The highest BCUT2D eigenvalue weighted by Gasteiger charge is 2.16. The van der Waals surface area contributed by atoms with Crippen molar-refractivity contribution in [3.63, 3.8) is 0 Å². The topological polar surface area (TPSA) is 60.5 Å². The van der Waals surface area contributed by atoms with E-state index < -0.39 is 5.82 Å². The first-order valence-electron chi connectivity index (χ1n) is 10.3. The van der Waals surface area contributed by atoms with Crippen molar-refractivity contribution in [2.24, 2.45) is 0 Å². The zero-order valence-electron chi connectivity index (χ0n) is 17.3. The molecule has 1 amide bonds. The zero-order valence-corrected chi connectivity index (χ0v) is 19.0. The van der Waals surface area contributed by atoms with Crippen molar-refractivity contribution in [3.05, 3.63) is 83.9 Å². The molecule has 0 aliphatic carbocycles. The van der Waals surface area contributed by atoms with Gasteiger partial charge in [-0.05, 0) is 65.5 Å². The molecule has 5 nitrogen and oxygen atoms in total. The summed E-state index contributed by atoms with van der Waals surface area (Å²) in [4.78, 5) is 16.1. The average molecular weight is 471 g/mol. The van der Waals surface area contributed by atoms with Gasteiger partial charge in [0, 0.05) is 12.7 Å². The Labute approximate surface area is 195 Å². The van der Waals surface area contributed by atoms with E-state index in [1.807, 2.05) is 35.7 Å². The van der Waals surface area contributed by atoms with Gasteiger partial charge in [0.25, 0.3) is 5.91 Å². The number of rotatable bonds is 8. The third-order valence-corrected chi connectivity index (χ3v) is 7.71. The van der Waals surface area contributed by atoms with E-state index >= 15 is 0 Å². The summed E-state index contributed by atoms with van der Waals surface area (Å²) in [5.41, 5.74) is 1.90. The van der Waals surface area contributed by atoms with Crippen LogP contribution in [-0.4, -0.2) is 29.0 Å². The normalized spacial score (nSPS) is 14.0. The molecular weight excluding hydrogens is 447 g/mol. The number of amides is 1. The van der Waals surface area contributed by atoms with Crippen molar-refractivity contribution < 1.29 is 18.7 Å². The van der Waals surface area contributed by atoms with E-state index in [0.717, 1.165) is 0 Å². The minimum atomic E-state index is -0.508. The maximum atomic E-state index is 14.3. The van der Waals surface area contributed by atoms with Crippen LogP contribution in [0.4, 0.5) is 4.39 Å². The SMILES string of the molecule is O=C(COc1ccc(C2SCCCS2)cc1)NCc1ccc(Oc2cccnc2)c(F)c1. The van der Waals surface area contributed by atoms with Gasteiger partial charge in [-0.2, -0.15) is 0 Å². The fourth-order valence-corrected chi connectivity index (χ4v) is 5.97. The number of pyridine rings is 1. The van der Waals surface area contributed by atoms with Gasteiger partial charge in [0.1, 0.15) is 11.5 Å². The number of hydrogen-bond acceptors (Lipinski definition) is 6. The zero-order chi connectivity index (χ0) is 22.2. The number of hydrogen-bond donors (Lipinski definition) is 1. The second kappa shape index (κ2) is 11.2. The molecule has 1 N–H and O–H groups in total. The molecule has 2 heterocycles. The van der Waals surface area contributed by atoms with E-state index in [1.165, 1.54) is 41.8 Å². The summed E-state index contributed by atoms with van der Waals surface area (Å²) in [5.74, 6) is 2.81. The standard InChI is InChI=1S/C24H23FN2O3S2/c25-21-13-17(4-9-22(21)30-20-3-1-10-26-15-20)14-27-23(28)16-29-19-7-5-18(6-8-19)24-31-11-2-12-32-24/h1,3-10,13,15,24H,2,11-12,14,16H2,(H,27,28). The summed E-state index contributed by atoms with van der Waals surface area (Å²) < 4.78 is 25.8. The largest absolute Gasteiger partial charge is 0.484 e. The molecule has 0 unspecified atom stereocenters. The quantitative estimate of drug-likeness (QED) is 0.464. The van der Waals surface area contributed by atoms with E-state index in [-0.39, 0.29) is 24.8 Å². The van der Waals surface area contributed by atoms with E-state index in [4.69, 9.17) is 9.47 Å². The van der Waals surface area contributed by atoms with Crippen LogP contribution in [0.3, 0.4) is 0 Å². The van der Waals surface area contributed by atoms with Gasteiger partial charge >= 0.3 is 0 Å². The first kappa shape index (κ1) is 22.5. The molecule has 0 radical (unpaired) electrons. The molecule has 0 atom stereocenters. The Morgan fingerprint density at radius 3 is 2.62 bits per heavy atom. The number of benzene rings is 2. The summed E-state index contributed by atoms with van der Waals surface area (Å²) >= 11 is 3.94. The fourth-order valence-electron chi connectivity index (χ4n) is 3.07. The number of halogens is 1. The fraction of sp³-hybridized carbons (Fsp3) is 0.250. The molecule has 1 fully saturated rings. The Bertz CT molecular complexity index is 1030. The van der Waals surface area contributed by atoms with Crippen molar-refractivity contribution in [2.45, 2.75) is 17.5 Å². The van der Waals surface area contributed by atoms with Gasteiger partial charge in [-0.1, -0.05) is 18.2 Å². The van der Waals surface area contributed by atoms with Crippen LogP contribution in [0.5, 0.6) is 17.2 Å². The van der Waals surface area contributed by atoms with E-state index in [2.05, 4.69) is 22.4 Å². The molecular formula is C24H23FN2O3S2. The number of nitrogens with zero attached hydrogens (tertiary/aromatic N) is 1. The molecule has 166 valence electrons. The van der Waals surface area contributed by atoms with Crippen LogP contribution in [0, 0.1) is 5.82 Å². The molecule has 1 saturated heterocycles. The Morgan fingerprint density at radius 1 is 1.09 bits per heavy atom. The van der Waals surface area contributed by atoms with Crippen molar-refractivity contribution in [1.82, 2.24) is 10.3 Å².